The third-order valence-corrected chi connectivity index (χ3v) is 8.72. The molecule has 2 atom stereocenters. The van der Waals surface area contributed by atoms with E-state index in [4.69, 9.17) is 18.9 Å². The zero-order valence-corrected chi connectivity index (χ0v) is 21.4. The second kappa shape index (κ2) is 8.54. The molecule has 9 nitrogen and oxygen atoms in total. The van der Waals surface area contributed by atoms with Crippen LogP contribution in [-0.2, 0) is 19.9 Å². The second-order valence-corrected chi connectivity index (χ2v) is 10.7. The average Bonchev–Trinajstić information content (AvgIpc) is 3.23. The number of carboxylic acids is 1. The molecule has 1 amide bonds. The van der Waals surface area contributed by atoms with E-state index in [0.29, 0.717) is 63.0 Å². The van der Waals surface area contributed by atoms with Crippen molar-refractivity contribution in [1.82, 2.24) is 4.90 Å². The van der Waals surface area contributed by atoms with Crippen LogP contribution in [-0.4, -0.2) is 52.7 Å². The molecule has 1 N–H and O–H groups in total. The number of amides is 1. The number of nitrogens with zero attached hydrogens (tertiary/aromatic N) is 1. The monoisotopic (exact) mass is 543 g/mol. The van der Waals surface area contributed by atoms with Crippen molar-refractivity contribution in [1.29, 1.82) is 0 Å². The van der Waals surface area contributed by atoms with E-state index in [1.54, 1.807) is 49.6 Å². The van der Waals surface area contributed by atoms with Crippen molar-refractivity contribution in [2.45, 2.75) is 17.4 Å². The summed E-state index contributed by atoms with van der Waals surface area (Å²) in [6.07, 6.45) is 0.347. The van der Waals surface area contributed by atoms with Crippen molar-refractivity contribution in [3.63, 3.8) is 0 Å². The molecular weight excluding hydrogens is 522 g/mol. The molecule has 1 saturated heterocycles. The van der Waals surface area contributed by atoms with Crippen LogP contribution in [0.25, 0.3) is 0 Å². The lowest BCUT2D eigenvalue weighted by Gasteiger charge is -2.43. The van der Waals surface area contributed by atoms with Gasteiger partial charge in [-0.2, -0.15) is 0 Å². The number of thioether (sulfide) groups is 1. The van der Waals surface area contributed by atoms with E-state index in [2.05, 4.69) is 0 Å². The molecule has 0 radical (unpaired) electrons. The smallest absolute Gasteiger partial charge is 0.352 e. The van der Waals surface area contributed by atoms with Gasteiger partial charge in [-0.05, 0) is 30.3 Å². The predicted octanol–water partition coefficient (Wildman–Crippen LogP) is 4.29. The fourth-order valence-corrected chi connectivity index (χ4v) is 6.86. The number of hydrogen-bond acceptors (Lipinski definition) is 8. The van der Waals surface area contributed by atoms with Crippen molar-refractivity contribution in [2.75, 3.05) is 19.5 Å². The van der Waals surface area contributed by atoms with Gasteiger partial charge in [0.15, 0.2) is 5.60 Å². The third kappa shape index (κ3) is 3.37. The molecule has 4 aliphatic heterocycles. The highest BCUT2D eigenvalue weighted by Crippen LogP contribution is 2.57. The standard InChI is InChI=1S/C29H21NO8S/c1-35-16-6-8-20-22(10-16)37-23-11-17(36-13-15-14-39-25-12-24(31)30(25)26(15)27(32)33)7-9-21(23)29(20)19-5-3-2-4-18(19)28(34)38-29/h2-11,25H,12-14H2,1H3,(H,32,33). The molecule has 1 fully saturated rings. The molecule has 3 aromatic carbocycles. The van der Waals surface area contributed by atoms with Crippen LogP contribution in [0.15, 0.2) is 71.9 Å². The van der Waals surface area contributed by atoms with Crippen molar-refractivity contribution in [2.24, 2.45) is 0 Å². The first-order valence-electron chi connectivity index (χ1n) is 12.3. The topological polar surface area (TPSA) is 112 Å². The summed E-state index contributed by atoms with van der Waals surface area (Å²) in [5, 5.41) is 9.64. The highest BCUT2D eigenvalue weighted by molar-refractivity contribution is 8.00. The van der Waals surface area contributed by atoms with Crippen LogP contribution in [0.2, 0.25) is 0 Å². The minimum atomic E-state index is -1.21. The summed E-state index contributed by atoms with van der Waals surface area (Å²) in [4.78, 5) is 38.3. The third-order valence-electron chi connectivity index (χ3n) is 7.44. The van der Waals surface area contributed by atoms with Crippen molar-refractivity contribution >= 4 is 29.6 Å². The molecule has 0 aliphatic carbocycles. The number of methoxy groups -OCH3 is 1. The highest BCUT2D eigenvalue weighted by atomic mass is 32.2. The van der Waals surface area contributed by atoms with E-state index >= 15 is 0 Å². The molecule has 3 aromatic rings. The van der Waals surface area contributed by atoms with Gasteiger partial charge in [0.1, 0.15) is 35.3 Å². The maximum Gasteiger partial charge on any atom is 0.352 e. The summed E-state index contributed by atoms with van der Waals surface area (Å²) >= 11 is 1.52. The Bertz CT molecular complexity index is 1630. The minimum Gasteiger partial charge on any atom is -0.497 e. The van der Waals surface area contributed by atoms with Crippen LogP contribution in [0, 0.1) is 0 Å². The first-order chi connectivity index (χ1) is 18.9. The molecule has 0 aromatic heterocycles. The SMILES string of the molecule is COc1ccc2c(c1)Oc1cc(OCC3=C(C(=O)O)N4C(=O)CC4SC3)ccc1C21OC(=O)c2ccccc21. The Labute approximate surface area is 226 Å². The maximum atomic E-state index is 13.0. The quantitative estimate of drug-likeness (QED) is 0.372. The fraction of sp³-hybridized carbons (Fsp3) is 0.207. The number of esters is 1. The molecule has 0 bridgehead atoms. The van der Waals surface area contributed by atoms with Gasteiger partial charge in [0, 0.05) is 40.1 Å². The van der Waals surface area contributed by atoms with Gasteiger partial charge in [-0.3, -0.25) is 9.69 Å². The molecule has 4 aliphatic rings. The Hall–Kier alpha value is -4.44. The van der Waals surface area contributed by atoms with E-state index in [1.165, 1.54) is 16.7 Å². The van der Waals surface area contributed by atoms with Crippen LogP contribution >= 0.6 is 11.8 Å². The minimum absolute atomic E-state index is 0.00124. The van der Waals surface area contributed by atoms with Gasteiger partial charge in [-0.15, -0.1) is 11.8 Å². The maximum absolute atomic E-state index is 13.0. The zero-order chi connectivity index (χ0) is 26.9. The Balaban J connectivity index is 1.28. The number of hydrogen-bond donors (Lipinski definition) is 1. The molecule has 0 saturated carbocycles. The lowest BCUT2D eigenvalue weighted by molar-refractivity contribution is -0.146. The number of benzene rings is 3. The first-order valence-corrected chi connectivity index (χ1v) is 13.3. The Morgan fingerprint density at radius 1 is 1.05 bits per heavy atom. The summed E-state index contributed by atoms with van der Waals surface area (Å²) in [7, 11) is 1.56. The van der Waals surface area contributed by atoms with Crippen LogP contribution in [0.4, 0.5) is 0 Å². The number of aliphatic carboxylic acids is 1. The molecule has 4 heterocycles. The van der Waals surface area contributed by atoms with E-state index < -0.39 is 17.5 Å². The van der Waals surface area contributed by atoms with Gasteiger partial charge >= 0.3 is 11.9 Å². The molecule has 1 spiro atoms. The fourth-order valence-electron chi connectivity index (χ4n) is 5.61. The van der Waals surface area contributed by atoms with E-state index in [9.17, 15) is 19.5 Å². The number of ether oxygens (including phenoxy) is 4. The van der Waals surface area contributed by atoms with Gasteiger partial charge in [0.2, 0.25) is 5.91 Å². The van der Waals surface area contributed by atoms with E-state index in [1.807, 2.05) is 18.2 Å². The molecule has 196 valence electrons. The summed E-state index contributed by atoms with van der Waals surface area (Å²) in [6.45, 7) is -0.00269. The van der Waals surface area contributed by atoms with Crippen molar-refractivity contribution < 1.29 is 38.4 Å². The van der Waals surface area contributed by atoms with Crippen molar-refractivity contribution in [3.05, 3.63) is 94.2 Å². The zero-order valence-electron chi connectivity index (χ0n) is 20.6. The predicted molar refractivity (Wildman–Crippen MR) is 139 cm³/mol. The normalized spacial score (nSPS) is 22.2. The summed E-state index contributed by atoms with van der Waals surface area (Å²) in [5.41, 5.74) is 1.82. The Morgan fingerprint density at radius 2 is 1.77 bits per heavy atom. The largest absolute Gasteiger partial charge is 0.497 e. The van der Waals surface area contributed by atoms with Gasteiger partial charge in [-0.25, -0.2) is 9.59 Å². The molecular formula is C29H21NO8S. The number of β-lactam (4-membered cyclic amide) rings is 1. The summed E-state index contributed by atoms with van der Waals surface area (Å²) in [6, 6.07) is 17.9. The molecule has 39 heavy (non-hydrogen) atoms. The van der Waals surface area contributed by atoms with Gasteiger partial charge in [0.25, 0.3) is 0 Å². The van der Waals surface area contributed by atoms with E-state index in [-0.39, 0.29) is 23.6 Å². The van der Waals surface area contributed by atoms with E-state index in [0.717, 1.165) is 0 Å². The number of carbonyl (C=O) groups excluding carboxylic acids is 2. The lowest BCUT2D eigenvalue weighted by atomic mass is 9.77. The van der Waals surface area contributed by atoms with Gasteiger partial charge in [0.05, 0.1) is 24.5 Å². The van der Waals surface area contributed by atoms with Gasteiger partial charge < -0.3 is 24.1 Å². The number of carbonyl (C=O) groups is 3. The van der Waals surface area contributed by atoms with Crippen LogP contribution < -0.4 is 14.2 Å². The first kappa shape index (κ1) is 23.7. The molecule has 10 heteroatoms. The number of carboxylic acid groups (broad SMARTS) is 1. The second-order valence-electron chi connectivity index (χ2n) is 9.52. The Kier molecular flexibility index (Phi) is 5.18. The summed E-state index contributed by atoms with van der Waals surface area (Å²) < 4.78 is 23.9. The van der Waals surface area contributed by atoms with Crippen LogP contribution in [0.1, 0.15) is 33.5 Å². The number of rotatable bonds is 5. The molecule has 2 unspecified atom stereocenters. The highest BCUT2D eigenvalue weighted by Gasteiger charge is 2.53. The Morgan fingerprint density at radius 3 is 2.49 bits per heavy atom. The lowest BCUT2D eigenvalue weighted by Crippen LogP contribution is -2.54. The average molecular weight is 544 g/mol. The molecule has 7 rings (SSSR count). The number of fused-ring (bicyclic) bond motifs is 7. The summed E-state index contributed by atoms with van der Waals surface area (Å²) in [5.74, 6) is 0.616. The van der Waals surface area contributed by atoms with Gasteiger partial charge in [-0.1, -0.05) is 18.2 Å². The van der Waals surface area contributed by atoms with Crippen molar-refractivity contribution in [3.8, 4) is 23.0 Å². The van der Waals surface area contributed by atoms with Crippen LogP contribution in [0.3, 0.4) is 0 Å². The van der Waals surface area contributed by atoms with Crippen LogP contribution in [0.5, 0.6) is 23.0 Å².